The molecule has 0 fully saturated rings. The molecule has 0 saturated heterocycles. The third-order valence-corrected chi connectivity index (χ3v) is 2.66. The van der Waals surface area contributed by atoms with Gasteiger partial charge in [0.2, 0.25) is 0 Å². The van der Waals surface area contributed by atoms with Crippen molar-refractivity contribution in [1.82, 2.24) is 0 Å². The standard InChI is InChI=1S/C13H20BrN3/c1-5-9-8-10(14)6-7-11(9)16-12(15)17-13(2,3)4/h6-8H,5H2,1-4H3,(H3,15,16,17). The molecule has 3 N–H and O–H groups in total. The topological polar surface area (TPSA) is 50.4 Å². The fraction of sp³-hybridized carbons (Fsp3) is 0.462. The number of rotatable bonds is 2. The molecule has 1 aromatic rings. The van der Waals surface area contributed by atoms with Crippen LogP contribution in [0.4, 0.5) is 5.69 Å². The number of guanidine groups is 1. The van der Waals surface area contributed by atoms with E-state index in [-0.39, 0.29) is 5.54 Å². The first-order valence-corrected chi connectivity index (χ1v) is 6.52. The lowest BCUT2D eigenvalue weighted by atomic mass is 10.1. The average Bonchev–Trinajstić information content (AvgIpc) is 2.17. The molecule has 0 unspecified atom stereocenters. The van der Waals surface area contributed by atoms with Gasteiger partial charge in [0.05, 0.1) is 5.54 Å². The summed E-state index contributed by atoms with van der Waals surface area (Å²) in [6.45, 7) is 8.17. The Morgan fingerprint density at radius 3 is 2.59 bits per heavy atom. The lowest BCUT2D eigenvalue weighted by Gasteiger charge is -2.16. The first-order valence-electron chi connectivity index (χ1n) is 5.72. The molecule has 0 aliphatic heterocycles. The Bertz CT molecular complexity index is 419. The minimum atomic E-state index is -0.168. The molecule has 0 heterocycles. The predicted octanol–water partition coefficient (Wildman–Crippen LogP) is 3.54. The van der Waals surface area contributed by atoms with Crippen LogP contribution in [0.25, 0.3) is 0 Å². The molecule has 0 atom stereocenters. The Kier molecular flexibility index (Phi) is 4.57. The van der Waals surface area contributed by atoms with Crippen molar-refractivity contribution in [2.24, 2.45) is 10.7 Å². The molecule has 0 spiro atoms. The van der Waals surface area contributed by atoms with E-state index in [9.17, 15) is 0 Å². The third kappa shape index (κ3) is 4.77. The SMILES string of the molecule is CCc1cc(Br)ccc1NC(N)=NC(C)(C)C. The van der Waals surface area contributed by atoms with Gasteiger partial charge in [-0.15, -0.1) is 0 Å². The van der Waals surface area contributed by atoms with E-state index < -0.39 is 0 Å². The van der Waals surface area contributed by atoms with E-state index in [1.165, 1.54) is 5.56 Å². The van der Waals surface area contributed by atoms with E-state index in [0.29, 0.717) is 5.96 Å². The van der Waals surface area contributed by atoms with Gasteiger partial charge in [0, 0.05) is 10.2 Å². The summed E-state index contributed by atoms with van der Waals surface area (Å²) in [6, 6.07) is 6.09. The lowest BCUT2D eigenvalue weighted by molar-refractivity contribution is 0.583. The van der Waals surface area contributed by atoms with Gasteiger partial charge in [0.15, 0.2) is 5.96 Å². The molecule has 0 aromatic heterocycles. The third-order valence-electron chi connectivity index (χ3n) is 2.17. The van der Waals surface area contributed by atoms with Gasteiger partial charge in [-0.05, 0) is 51.0 Å². The minimum Gasteiger partial charge on any atom is -0.370 e. The van der Waals surface area contributed by atoms with Crippen molar-refractivity contribution in [1.29, 1.82) is 0 Å². The summed E-state index contributed by atoms with van der Waals surface area (Å²) in [7, 11) is 0. The van der Waals surface area contributed by atoms with Crippen LogP contribution >= 0.6 is 15.9 Å². The van der Waals surface area contributed by atoms with Crippen LogP contribution in [-0.2, 0) is 6.42 Å². The number of aliphatic imine (C=N–C) groups is 1. The summed E-state index contributed by atoms with van der Waals surface area (Å²) in [6.07, 6.45) is 0.949. The van der Waals surface area contributed by atoms with E-state index >= 15 is 0 Å². The zero-order valence-corrected chi connectivity index (χ0v) is 12.4. The number of aryl methyl sites for hydroxylation is 1. The van der Waals surface area contributed by atoms with E-state index in [4.69, 9.17) is 5.73 Å². The monoisotopic (exact) mass is 297 g/mol. The van der Waals surface area contributed by atoms with Gasteiger partial charge in [-0.1, -0.05) is 22.9 Å². The van der Waals surface area contributed by atoms with Gasteiger partial charge in [0.25, 0.3) is 0 Å². The quantitative estimate of drug-likeness (QED) is 0.648. The van der Waals surface area contributed by atoms with Crippen molar-refractivity contribution in [2.45, 2.75) is 39.7 Å². The predicted molar refractivity (Wildman–Crippen MR) is 78.5 cm³/mol. The fourth-order valence-corrected chi connectivity index (χ4v) is 1.91. The zero-order chi connectivity index (χ0) is 13.1. The Morgan fingerprint density at radius 1 is 1.41 bits per heavy atom. The van der Waals surface area contributed by atoms with Crippen molar-refractivity contribution in [3.63, 3.8) is 0 Å². The van der Waals surface area contributed by atoms with Crippen molar-refractivity contribution >= 4 is 27.6 Å². The van der Waals surface area contributed by atoms with Gasteiger partial charge < -0.3 is 11.1 Å². The summed E-state index contributed by atoms with van der Waals surface area (Å²) >= 11 is 3.46. The molecule has 0 amide bonds. The van der Waals surface area contributed by atoms with Gasteiger partial charge >= 0.3 is 0 Å². The van der Waals surface area contributed by atoms with Crippen molar-refractivity contribution < 1.29 is 0 Å². The first-order chi connectivity index (χ1) is 7.81. The minimum absolute atomic E-state index is 0.168. The molecule has 0 saturated carbocycles. The molecule has 4 heteroatoms. The van der Waals surface area contributed by atoms with Gasteiger partial charge in [-0.2, -0.15) is 0 Å². The summed E-state index contributed by atoms with van der Waals surface area (Å²) < 4.78 is 1.08. The molecule has 3 nitrogen and oxygen atoms in total. The molecular formula is C13H20BrN3. The number of halogens is 1. The van der Waals surface area contributed by atoms with Crippen LogP contribution in [0.15, 0.2) is 27.7 Å². The highest BCUT2D eigenvalue weighted by Crippen LogP contribution is 2.21. The Balaban J connectivity index is 2.92. The van der Waals surface area contributed by atoms with E-state index in [2.05, 4.69) is 39.2 Å². The molecule has 0 bridgehead atoms. The number of nitrogens with zero attached hydrogens (tertiary/aromatic N) is 1. The van der Waals surface area contributed by atoms with Crippen LogP contribution < -0.4 is 11.1 Å². The summed E-state index contributed by atoms with van der Waals surface area (Å²) in [5.74, 6) is 0.453. The average molecular weight is 298 g/mol. The molecule has 1 rings (SSSR count). The van der Waals surface area contributed by atoms with Crippen LogP contribution in [0.5, 0.6) is 0 Å². The summed E-state index contributed by atoms with van der Waals surface area (Å²) in [5.41, 5.74) is 7.94. The highest BCUT2D eigenvalue weighted by Gasteiger charge is 2.09. The van der Waals surface area contributed by atoms with Crippen LogP contribution in [0, 0.1) is 0 Å². The first kappa shape index (κ1) is 14.0. The van der Waals surface area contributed by atoms with Crippen LogP contribution in [-0.4, -0.2) is 11.5 Å². The molecule has 17 heavy (non-hydrogen) atoms. The van der Waals surface area contributed by atoms with Crippen molar-refractivity contribution in [3.8, 4) is 0 Å². The number of hydrogen-bond acceptors (Lipinski definition) is 1. The number of nitrogens with two attached hydrogens (primary N) is 1. The number of benzene rings is 1. The fourth-order valence-electron chi connectivity index (χ4n) is 1.50. The summed E-state index contributed by atoms with van der Waals surface area (Å²) in [4.78, 5) is 4.37. The number of hydrogen-bond donors (Lipinski definition) is 2. The second kappa shape index (κ2) is 5.54. The van der Waals surface area contributed by atoms with Gasteiger partial charge in [-0.25, -0.2) is 4.99 Å². The maximum Gasteiger partial charge on any atom is 0.193 e. The maximum atomic E-state index is 5.88. The molecule has 0 aliphatic carbocycles. The van der Waals surface area contributed by atoms with Crippen LogP contribution in [0.2, 0.25) is 0 Å². The van der Waals surface area contributed by atoms with Crippen molar-refractivity contribution in [3.05, 3.63) is 28.2 Å². The highest BCUT2D eigenvalue weighted by molar-refractivity contribution is 9.10. The van der Waals surface area contributed by atoms with E-state index in [1.807, 2.05) is 32.9 Å². The second-order valence-electron chi connectivity index (χ2n) is 4.95. The van der Waals surface area contributed by atoms with Crippen molar-refractivity contribution in [2.75, 3.05) is 5.32 Å². The van der Waals surface area contributed by atoms with Crippen LogP contribution in [0.3, 0.4) is 0 Å². The van der Waals surface area contributed by atoms with E-state index in [1.54, 1.807) is 0 Å². The Labute approximate surface area is 112 Å². The Hall–Kier alpha value is -1.03. The second-order valence-corrected chi connectivity index (χ2v) is 5.86. The zero-order valence-electron chi connectivity index (χ0n) is 10.8. The van der Waals surface area contributed by atoms with Gasteiger partial charge in [-0.3, -0.25) is 0 Å². The molecule has 0 radical (unpaired) electrons. The molecular weight excluding hydrogens is 278 g/mol. The summed E-state index contributed by atoms with van der Waals surface area (Å²) in [5, 5.41) is 3.15. The van der Waals surface area contributed by atoms with Crippen LogP contribution in [0.1, 0.15) is 33.3 Å². The normalized spacial score (nSPS) is 12.6. The number of anilines is 1. The highest BCUT2D eigenvalue weighted by atomic mass is 79.9. The lowest BCUT2D eigenvalue weighted by Crippen LogP contribution is -2.27. The van der Waals surface area contributed by atoms with Gasteiger partial charge in [0.1, 0.15) is 0 Å². The largest absolute Gasteiger partial charge is 0.370 e. The number of nitrogens with one attached hydrogen (secondary N) is 1. The maximum absolute atomic E-state index is 5.88. The van der Waals surface area contributed by atoms with E-state index in [0.717, 1.165) is 16.6 Å². The molecule has 0 aliphatic rings. The Morgan fingerprint density at radius 2 is 2.06 bits per heavy atom. The smallest absolute Gasteiger partial charge is 0.193 e. The molecule has 1 aromatic carbocycles. The molecule has 94 valence electrons.